The number of thioether (sulfide) groups is 1. The highest BCUT2D eigenvalue weighted by atomic mass is 32.2. The predicted molar refractivity (Wildman–Crippen MR) is 129 cm³/mol. The minimum atomic E-state index is -0.113. The molecule has 5 rings (SSSR count). The summed E-state index contributed by atoms with van der Waals surface area (Å²) in [5, 5.41) is 4.20. The first kappa shape index (κ1) is 20.9. The Morgan fingerprint density at radius 3 is 2.78 bits per heavy atom. The summed E-state index contributed by atoms with van der Waals surface area (Å²) in [6.07, 6.45) is 7.65. The molecule has 6 nitrogen and oxygen atoms in total. The fourth-order valence-electron chi connectivity index (χ4n) is 3.97. The molecule has 0 saturated heterocycles. The molecule has 8 heteroatoms. The maximum Gasteiger partial charge on any atom is 0.267 e. The first-order valence-electron chi connectivity index (χ1n) is 10.6. The fourth-order valence-corrected chi connectivity index (χ4v) is 6.12. The number of hydrogen-bond donors (Lipinski definition) is 1. The molecule has 0 fully saturated rings. The highest BCUT2D eigenvalue weighted by Crippen LogP contribution is 2.35. The van der Waals surface area contributed by atoms with Crippen molar-refractivity contribution in [2.75, 3.05) is 5.75 Å². The Labute approximate surface area is 193 Å². The van der Waals surface area contributed by atoms with Gasteiger partial charge in [-0.15, -0.1) is 11.3 Å². The summed E-state index contributed by atoms with van der Waals surface area (Å²) in [5.74, 6) is 0.0640. The van der Waals surface area contributed by atoms with Crippen LogP contribution in [0.1, 0.15) is 28.8 Å². The molecule has 3 heterocycles. The van der Waals surface area contributed by atoms with Crippen molar-refractivity contribution >= 4 is 39.2 Å². The van der Waals surface area contributed by atoms with Gasteiger partial charge in [-0.1, -0.05) is 36.0 Å². The largest absolute Gasteiger partial charge is 0.351 e. The second-order valence-corrected chi connectivity index (χ2v) is 9.71. The van der Waals surface area contributed by atoms with Crippen LogP contribution in [0.4, 0.5) is 0 Å². The van der Waals surface area contributed by atoms with Crippen molar-refractivity contribution in [1.82, 2.24) is 19.9 Å². The average molecular weight is 463 g/mol. The van der Waals surface area contributed by atoms with Crippen molar-refractivity contribution in [3.8, 4) is 5.69 Å². The first-order chi connectivity index (χ1) is 15.7. The zero-order chi connectivity index (χ0) is 21.9. The summed E-state index contributed by atoms with van der Waals surface area (Å²) in [4.78, 5) is 37.1. The maximum absolute atomic E-state index is 13.6. The number of carbonyl (C=O) groups is 1. The topological polar surface area (TPSA) is 76.9 Å². The van der Waals surface area contributed by atoms with E-state index in [-0.39, 0.29) is 17.2 Å². The quantitative estimate of drug-likeness (QED) is 0.344. The third kappa shape index (κ3) is 4.20. The number of carbonyl (C=O) groups excluding carboxylic acids is 1. The van der Waals surface area contributed by atoms with Crippen molar-refractivity contribution < 1.29 is 4.79 Å². The molecule has 0 unspecified atom stereocenters. The van der Waals surface area contributed by atoms with Crippen LogP contribution in [0.25, 0.3) is 15.9 Å². The van der Waals surface area contributed by atoms with Gasteiger partial charge in [-0.25, -0.2) is 4.98 Å². The zero-order valence-corrected chi connectivity index (χ0v) is 19.0. The van der Waals surface area contributed by atoms with Crippen LogP contribution >= 0.6 is 23.1 Å². The van der Waals surface area contributed by atoms with Gasteiger partial charge in [-0.05, 0) is 55.0 Å². The standard InChI is InChI=1S/C24H22N4O2S2/c29-20(26-14-16-7-6-12-25-13-16)15-31-24-27-22-21(18-10-4-5-11-19(18)32-22)23(30)28(24)17-8-2-1-3-9-17/h1-3,6-9,12-13H,4-5,10-11,14-15H2,(H,26,29). The molecule has 1 amide bonds. The monoisotopic (exact) mass is 462 g/mol. The molecule has 3 aromatic heterocycles. The van der Waals surface area contributed by atoms with Crippen LogP contribution in [0.2, 0.25) is 0 Å². The van der Waals surface area contributed by atoms with Gasteiger partial charge in [0.15, 0.2) is 5.16 Å². The number of thiophene rings is 1. The van der Waals surface area contributed by atoms with Gasteiger partial charge < -0.3 is 5.32 Å². The number of benzene rings is 1. The molecule has 0 saturated carbocycles. The normalized spacial score (nSPS) is 13.1. The first-order valence-corrected chi connectivity index (χ1v) is 12.4. The van der Waals surface area contributed by atoms with Gasteiger partial charge in [0, 0.05) is 23.8 Å². The Morgan fingerprint density at radius 1 is 1.12 bits per heavy atom. The molecule has 0 atom stereocenters. The van der Waals surface area contributed by atoms with Crippen LogP contribution in [0, 0.1) is 0 Å². The lowest BCUT2D eigenvalue weighted by Gasteiger charge is -2.13. The van der Waals surface area contributed by atoms with E-state index in [2.05, 4.69) is 10.3 Å². The Kier molecular flexibility index (Phi) is 6.05. The number of para-hydroxylation sites is 1. The molecule has 1 aliphatic carbocycles. The second-order valence-electron chi connectivity index (χ2n) is 7.69. The molecule has 1 aromatic carbocycles. The second kappa shape index (κ2) is 9.26. The number of aromatic nitrogens is 3. The summed E-state index contributed by atoms with van der Waals surface area (Å²) in [5.41, 5.74) is 2.83. The summed E-state index contributed by atoms with van der Waals surface area (Å²) in [7, 11) is 0. The number of aryl methyl sites for hydroxylation is 2. The molecule has 0 bridgehead atoms. The van der Waals surface area contributed by atoms with Crippen molar-refractivity contribution in [3.05, 3.63) is 81.2 Å². The molecule has 32 heavy (non-hydrogen) atoms. The molecule has 0 aliphatic heterocycles. The Bertz CT molecular complexity index is 1320. The molecule has 1 N–H and O–H groups in total. The van der Waals surface area contributed by atoms with Gasteiger partial charge in [0.05, 0.1) is 16.8 Å². The molecular weight excluding hydrogens is 440 g/mol. The van der Waals surface area contributed by atoms with Crippen LogP contribution in [-0.4, -0.2) is 26.2 Å². The smallest absolute Gasteiger partial charge is 0.267 e. The van der Waals surface area contributed by atoms with Gasteiger partial charge in [0.2, 0.25) is 5.91 Å². The SMILES string of the molecule is O=C(CSc1nc2sc3c(c2c(=O)n1-c1ccccc1)CCCC3)NCc1cccnc1. The van der Waals surface area contributed by atoms with E-state index in [1.54, 1.807) is 28.3 Å². The van der Waals surface area contributed by atoms with Crippen LogP contribution in [-0.2, 0) is 24.2 Å². The van der Waals surface area contributed by atoms with E-state index >= 15 is 0 Å². The van der Waals surface area contributed by atoms with E-state index in [0.29, 0.717) is 11.7 Å². The minimum absolute atomic E-state index is 0.0427. The lowest BCUT2D eigenvalue weighted by Crippen LogP contribution is -2.26. The number of pyridine rings is 1. The van der Waals surface area contributed by atoms with Crippen molar-refractivity contribution in [2.24, 2.45) is 0 Å². The number of nitrogens with zero attached hydrogens (tertiary/aromatic N) is 3. The number of fused-ring (bicyclic) bond motifs is 3. The maximum atomic E-state index is 13.6. The summed E-state index contributed by atoms with van der Waals surface area (Å²) >= 11 is 2.92. The third-order valence-electron chi connectivity index (χ3n) is 5.52. The van der Waals surface area contributed by atoms with Crippen molar-refractivity contribution in [1.29, 1.82) is 0 Å². The summed E-state index contributed by atoms with van der Waals surface area (Å²) < 4.78 is 1.66. The Hall–Kier alpha value is -2.97. The Morgan fingerprint density at radius 2 is 1.97 bits per heavy atom. The van der Waals surface area contributed by atoms with E-state index in [9.17, 15) is 9.59 Å². The molecule has 0 radical (unpaired) electrons. The number of hydrogen-bond acceptors (Lipinski definition) is 6. The van der Waals surface area contributed by atoms with Crippen LogP contribution in [0.3, 0.4) is 0 Å². The van der Waals surface area contributed by atoms with Gasteiger partial charge in [0.25, 0.3) is 5.56 Å². The van der Waals surface area contributed by atoms with Crippen LogP contribution < -0.4 is 10.9 Å². The van der Waals surface area contributed by atoms with E-state index in [0.717, 1.165) is 47.2 Å². The van der Waals surface area contributed by atoms with Crippen LogP contribution in [0.15, 0.2) is 64.8 Å². The minimum Gasteiger partial charge on any atom is -0.351 e. The predicted octanol–water partition coefficient (Wildman–Crippen LogP) is 4.13. The average Bonchev–Trinajstić information content (AvgIpc) is 3.21. The highest BCUT2D eigenvalue weighted by Gasteiger charge is 2.23. The number of nitrogens with one attached hydrogen (secondary N) is 1. The van der Waals surface area contributed by atoms with Gasteiger partial charge in [-0.3, -0.25) is 19.1 Å². The fraction of sp³-hybridized carbons (Fsp3) is 0.250. The molecule has 1 aliphatic rings. The van der Waals surface area contributed by atoms with Gasteiger partial charge in [-0.2, -0.15) is 0 Å². The lowest BCUT2D eigenvalue weighted by atomic mass is 9.97. The zero-order valence-electron chi connectivity index (χ0n) is 17.4. The Balaban J connectivity index is 1.46. The number of amides is 1. The lowest BCUT2D eigenvalue weighted by molar-refractivity contribution is -0.118. The summed E-state index contributed by atoms with van der Waals surface area (Å²) in [6, 6.07) is 13.3. The van der Waals surface area contributed by atoms with E-state index in [1.807, 2.05) is 42.5 Å². The third-order valence-corrected chi connectivity index (χ3v) is 7.64. The molecule has 0 spiro atoms. The van der Waals surface area contributed by atoms with Crippen molar-refractivity contribution in [2.45, 2.75) is 37.4 Å². The van der Waals surface area contributed by atoms with Gasteiger partial charge in [0.1, 0.15) is 4.83 Å². The molecular formula is C24H22N4O2S2. The van der Waals surface area contributed by atoms with Crippen molar-refractivity contribution in [3.63, 3.8) is 0 Å². The number of rotatable bonds is 6. The molecule has 162 valence electrons. The highest BCUT2D eigenvalue weighted by molar-refractivity contribution is 7.99. The van der Waals surface area contributed by atoms with E-state index in [4.69, 9.17) is 4.98 Å². The molecule has 4 aromatic rings. The van der Waals surface area contributed by atoms with Gasteiger partial charge >= 0.3 is 0 Å². The summed E-state index contributed by atoms with van der Waals surface area (Å²) in [6.45, 7) is 0.419. The van der Waals surface area contributed by atoms with E-state index in [1.165, 1.54) is 22.2 Å². The van der Waals surface area contributed by atoms with Crippen LogP contribution in [0.5, 0.6) is 0 Å². The van der Waals surface area contributed by atoms with E-state index < -0.39 is 0 Å².